The summed E-state index contributed by atoms with van der Waals surface area (Å²) in [5.74, 6) is 0.769. The lowest BCUT2D eigenvalue weighted by Crippen LogP contribution is -2.36. The van der Waals surface area contributed by atoms with Crippen LogP contribution in [0.5, 0.6) is 0 Å². The molecule has 1 atom stereocenters. The second kappa shape index (κ2) is 10.5. The van der Waals surface area contributed by atoms with E-state index in [1.54, 1.807) is 0 Å². The van der Waals surface area contributed by atoms with Gasteiger partial charge in [0.1, 0.15) is 6.10 Å². The second-order valence-corrected chi connectivity index (χ2v) is 7.64. The van der Waals surface area contributed by atoms with Crippen molar-refractivity contribution in [2.75, 3.05) is 6.61 Å². The Morgan fingerprint density at radius 1 is 0.962 bits per heavy atom. The molecule has 1 saturated carbocycles. The number of hydrogen-bond donors (Lipinski definition) is 0. The third-order valence-corrected chi connectivity index (χ3v) is 5.61. The lowest BCUT2D eigenvalue weighted by atomic mass is 9.84. The first kappa shape index (κ1) is 19.1. The number of unbranched alkanes of at least 4 members (excludes halogenated alkanes) is 2. The van der Waals surface area contributed by atoms with Crippen LogP contribution in [0.3, 0.4) is 0 Å². The molecule has 0 spiro atoms. The van der Waals surface area contributed by atoms with Crippen molar-refractivity contribution in [2.45, 2.75) is 76.9 Å². The predicted octanol–water partition coefficient (Wildman–Crippen LogP) is 5.97. The van der Waals surface area contributed by atoms with Crippen molar-refractivity contribution in [1.29, 1.82) is 0 Å². The zero-order chi connectivity index (χ0) is 18.0. The minimum absolute atomic E-state index is 0.125. The highest BCUT2D eigenvalue weighted by Gasteiger charge is 2.19. The van der Waals surface area contributed by atoms with Crippen LogP contribution >= 0.6 is 0 Å². The van der Waals surface area contributed by atoms with Crippen molar-refractivity contribution in [2.24, 2.45) is 0 Å². The molecule has 1 heterocycles. The maximum absolute atomic E-state index is 6.30. The third kappa shape index (κ3) is 5.67. The van der Waals surface area contributed by atoms with Gasteiger partial charge in [-0.15, -0.1) is 0 Å². The van der Waals surface area contributed by atoms with Crippen LogP contribution in [-0.2, 0) is 11.3 Å². The smallest absolute Gasteiger partial charge is 0.178 e. The topological polar surface area (TPSA) is 13.1 Å². The molecule has 1 aliphatic carbocycles. The zero-order valence-corrected chi connectivity index (χ0v) is 16.3. The Morgan fingerprint density at radius 2 is 1.69 bits per heavy atom. The van der Waals surface area contributed by atoms with Crippen LogP contribution in [0, 0.1) is 0 Å². The van der Waals surface area contributed by atoms with Gasteiger partial charge in [0.05, 0.1) is 0 Å². The fraction of sp³-hybridized carbons (Fsp3) is 0.542. The van der Waals surface area contributed by atoms with Gasteiger partial charge in [-0.1, -0.05) is 69.4 Å². The van der Waals surface area contributed by atoms with E-state index in [-0.39, 0.29) is 6.10 Å². The third-order valence-electron chi connectivity index (χ3n) is 5.61. The van der Waals surface area contributed by atoms with Gasteiger partial charge in [0.15, 0.2) is 18.9 Å². The molecule has 0 saturated heterocycles. The lowest BCUT2D eigenvalue weighted by Gasteiger charge is -2.23. The molecule has 0 amide bonds. The largest absolute Gasteiger partial charge is 0.367 e. The fourth-order valence-electron chi connectivity index (χ4n) is 4.00. The van der Waals surface area contributed by atoms with Crippen LogP contribution in [0.1, 0.15) is 81.4 Å². The van der Waals surface area contributed by atoms with Gasteiger partial charge in [-0.25, -0.2) is 4.57 Å². The standard InChI is InChI=1S/C24H34NO/c1-2-3-10-19-26-24(20-25-17-8-5-9-18-25)23-15-13-22(14-16-23)21-11-6-4-7-12-21/h5,8-9,13-18,21,24H,2-4,6-7,10-12,19-20H2,1H3/q+1. The fourth-order valence-corrected chi connectivity index (χ4v) is 4.00. The molecular weight excluding hydrogens is 318 g/mol. The molecule has 1 aliphatic rings. The normalized spacial score (nSPS) is 16.5. The number of rotatable bonds is 9. The maximum Gasteiger partial charge on any atom is 0.178 e. The first-order valence-electron chi connectivity index (χ1n) is 10.5. The Labute approximate surface area is 159 Å². The molecule has 0 N–H and O–H groups in total. The Hall–Kier alpha value is -1.67. The zero-order valence-electron chi connectivity index (χ0n) is 16.3. The van der Waals surface area contributed by atoms with Crippen molar-refractivity contribution in [3.8, 4) is 0 Å². The SMILES string of the molecule is CCCCCOC(C[n+]1ccccc1)c1ccc(C2CCCCC2)cc1. The van der Waals surface area contributed by atoms with Crippen LogP contribution in [0.4, 0.5) is 0 Å². The molecule has 140 valence electrons. The number of benzene rings is 1. The van der Waals surface area contributed by atoms with E-state index in [4.69, 9.17) is 4.74 Å². The molecule has 3 rings (SSSR count). The van der Waals surface area contributed by atoms with Crippen molar-refractivity contribution < 1.29 is 9.30 Å². The first-order chi connectivity index (χ1) is 12.9. The van der Waals surface area contributed by atoms with E-state index in [1.807, 2.05) is 0 Å². The summed E-state index contributed by atoms with van der Waals surface area (Å²) in [6.07, 6.45) is 14.9. The van der Waals surface area contributed by atoms with E-state index in [2.05, 4.69) is 66.3 Å². The summed E-state index contributed by atoms with van der Waals surface area (Å²) < 4.78 is 8.52. The van der Waals surface area contributed by atoms with E-state index in [9.17, 15) is 0 Å². The molecule has 26 heavy (non-hydrogen) atoms. The minimum atomic E-state index is 0.125. The number of ether oxygens (including phenoxy) is 1. The molecule has 2 nitrogen and oxygen atoms in total. The van der Waals surface area contributed by atoms with Crippen LogP contribution in [0.15, 0.2) is 54.9 Å². The summed E-state index contributed by atoms with van der Waals surface area (Å²) >= 11 is 0. The summed E-state index contributed by atoms with van der Waals surface area (Å²) in [7, 11) is 0. The highest BCUT2D eigenvalue weighted by molar-refractivity contribution is 5.27. The van der Waals surface area contributed by atoms with E-state index in [0.717, 1.165) is 25.5 Å². The Morgan fingerprint density at radius 3 is 2.38 bits per heavy atom. The van der Waals surface area contributed by atoms with E-state index in [0.29, 0.717) is 0 Å². The van der Waals surface area contributed by atoms with E-state index < -0.39 is 0 Å². The van der Waals surface area contributed by atoms with Gasteiger partial charge in [-0.2, -0.15) is 0 Å². The van der Waals surface area contributed by atoms with Gasteiger partial charge in [0, 0.05) is 18.7 Å². The number of nitrogens with zero attached hydrogens (tertiary/aromatic N) is 1. The average Bonchev–Trinajstić information content (AvgIpc) is 2.72. The molecule has 0 radical (unpaired) electrons. The van der Waals surface area contributed by atoms with Gasteiger partial charge < -0.3 is 4.74 Å². The molecule has 0 aliphatic heterocycles. The van der Waals surface area contributed by atoms with Crippen LogP contribution < -0.4 is 4.57 Å². The molecule has 2 heteroatoms. The van der Waals surface area contributed by atoms with Crippen LogP contribution in [0.2, 0.25) is 0 Å². The Balaban J connectivity index is 1.67. The molecule has 1 unspecified atom stereocenters. The first-order valence-corrected chi connectivity index (χ1v) is 10.5. The summed E-state index contributed by atoms with van der Waals surface area (Å²) in [5.41, 5.74) is 2.82. The van der Waals surface area contributed by atoms with Crippen molar-refractivity contribution in [1.82, 2.24) is 0 Å². The monoisotopic (exact) mass is 352 g/mol. The highest BCUT2D eigenvalue weighted by Crippen LogP contribution is 2.33. The van der Waals surface area contributed by atoms with Gasteiger partial charge in [-0.05, 0) is 36.3 Å². The predicted molar refractivity (Wildman–Crippen MR) is 107 cm³/mol. The van der Waals surface area contributed by atoms with Gasteiger partial charge in [-0.3, -0.25) is 0 Å². The Bertz CT molecular complexity index is 616. The average molecular weight is 353 g/mol. The van der Waals surface area contributed by atoms with Gasteiger partial charge >= 0.3 is 0 Å². The molecule has 1 aromatic carbocycles. The quantitative estimate of drug-likeness (QED) is 0.400. The molecule has 1 fully saturated rings. The lowest BCUT2D eigenvalue weighted by molar-refractivity contribution is -0.705. The van der Waals surface area contributed by atoms with Crippen molar-refractivity contribution >= 4 is 0 Å². The molecule has 0 bridgehead atoms. The number of hydrogen-bond acceptors (Lipinski definition) is 1. The number of pyridine rings is 1. The highest BCUT2D eigenvalue weighted by atomic mass is 16.5. The van der Waals surface area contributed by atoms with Crippen molar-refractivity contribution in [3.05, 3.63) is 66.0 Å². The van der Waals surface area contributed by atoms with Crippen LogP contribution in [-0.4, -0.2) is 6.61 Å². The molecule has 1 aromatic heterocycles. The summed E-state index contributed by atoms with van der Waals surface area (Å²) in [6.45, 7) is 3.95. The Kier molecular flexibility index (Phi) is 7.69. The number of aromatic nitrogens is 1. The second-order valence-electron chi connectivity index (χ2n) is 7.64. The maximum atomic E-state index is 6.30. The van der Waals surface area contributed by atoms with E-state index >= 15 is 0 Å². The summed E-state index contributed by atoms with van der Waals surface area (Å²) in [5, 5.41) is 0. The van der Waals surface area contributed by atoms with E-state index in [1.165, 1.54) is 56.1 Å². The van der Waals surface area contributed by atoms with Gasteiger partial charge in [0.2, 0.25) is 0 Å². The summed E-state index contributed by atoms with van der Waals surface area (Å²) in [6, 6.07) is 15.5. The molecule has 2 aromatic rings. The van der Waals surface area contributed by atoms with Crippen LogP contribution in [0.25, 0.3) is 0 Å². The summed E-state index contributed by atoms with van der Waals surface area (Å²) in [4.78, 5) is 0. The van der Waals surface area contributed by atoms with Crippen molar-refractivity contribution in [3.63, 3.8) is 0 Å². The minimum Gasteiger partial charge on any atom is -0.367 e. The van der Waals surface area contributed by atoms with Gasteiger partial charge in [0.25, 0.3) is 0 Å². The molecular formula is C24H34NO+.